The van der Waals surface area contributed by atoms with Crippen molar-refractivity contribution < 1.29 is 0 Å². The Morgan fingerprint density at radius 2 is 1.25 bits per heavy atom. The summed E-state index contributed by atoms with van der Waals surface area (Å²) in [6, 6.07) is 83.1. The summed E-state index contributed by atoms with van der Waals surface area (Å²) in [4.78, 5) is 4.87. The van der Waals surface area contributed by atoms with Crippen LogP contribution in [-0.4, -0.2) is 0 Å². The Morgan fingerprint density at radius 1 is 0.500 bits per heavy atom. The molecule has 9 aromatic rings. The van der Waals surface area contributed by atoms with Crippen molar-refractivity contribution in [2.75, 3.05) is 9.80 Å². The Morgan fingerprint density at radius 3 is 2.10 bits per heavy atom. The summed E-state index contributed by atoms with van der Waals surface area (Å²) in [5.41, 5.74) is 16.6. The van der Waals surface area contributed by atoms with Crippen molar-refractivity contribution in [3.63, 3.8) is 0 Å². The topological polar surface area (TPSA) is 6.48 Å². The molecule has 0 aromatic heterocycles. The largest absolute Gasteiger partial charge is 0.313 e. The van der Waals surface area contributed by atoms with Gasteiger partial charge in [-0.05, 0) is 129 Å². The van der Waals surface area contributed by atoms with E-state index in [9.17, 15) is 0 Å². The lowest BCUT2D eigenvalue weighted by Crippen LogP contribution is -2.19. The Balaban J connectivity index is 1.06. The van der Waals surface area contributed by atoms with Crippen LogP contribution in [0.4, 0.5) is 28.4 Å². The normalized spacial score (nSPS) is 15.2. The molecule has 0 amide bonds. The molecule has 2 nitrogen and oxygen atoms in total. The second kappa shape index (κ2) is 15.1. The molecule has 1 aliphatic heterocycles. The van der Waals surface area contributed by atoms with E-state index in [2.05, 4.69) is 240 Å². The number of fused-ring (bicyclic) bond motifs is 4. The van der Waals surface area contributed by atoms with Gasteiger partial charge in [-0.15, -0.1) is 0 Å². The van der Waals surface area contributed by atoms with Gasteiger partial charge in [-0.3, -0.25) is 0 Å². The molecule has 11 rings (SSSR count). The highest BCUT2D eigenvalue weighted by molar-refractivity contribution is 5.97. The van der Waals surface area contributed by atoms with Gasteiger partial charge < -0.3 is 9.80 Å². The first kappa shape index (κ1) is 35.3. The molecule has 2 heteroatoms. The molecule has 0 saturated carbocycles. The van der Waals surface area contributed by atoms with E-state index < -0.39 is 0 Å². The minimum atomic E-state index is 0.134. The number of hydrogen-bond acceptors (Lipinski definition) is 2. The van der Waals surface area contributed by atoms with E-state index in [0.29, 0.717) is 0 Å². The highest BCUT2D eigenvalue weighted by Crippen LogP contribution is 2.55. The first-order chi connectivity index (χ1) is 29.8. The number of benzene rings is 8. The molecule has 1 aliphatic carbocycles. The molecule has 0 bridgehead atoms. The smallest absolute Gasteiger partial charge is 0.0540 e. The lowest BCUT2D eigenvalue weighted by atomic mass is 9.78. The van der Waals surface area contributed by atoms with Gasteiger partial charge in [-0.1, -0.05) is 164 Å². The van der Waals surface area contributed by atoms with Crippen LogP contribution in [0.25, 0.3) is 44.2 Å². The molecule has 2 unspecified atom stereocenters. The van der Waals surface area contributed by atoms with Gasteiger partial charge in [0.15, 0.2) is 0 Å². The zero-order valence-corrected chi connectivity index (χ0v) is 33.0. The molecule has 0 radical (unpaired) electrons. The van der Waals surface area contributed by atoms with Crippen molar-refractivity contribution in [3.05, 3.63) is 260 Å². The highest BCUT2D eigenvalue weighted by atomic mass is 15.2. The van der Waals surface area contributed by atoms with Gasteiger partial charge in [0.2, 0.25) is 0 Å². The third-order valence-electron chi connectivity index (χ3n) is 12.1. The monoisotopic (exact) mass is 764 g/mol. The first-order valence-electron chi connectivity index (χ1n) is 20.7. The molecule has 1 heterocycles. The van der Waals surface area contributed by atoms with Gasteiger partial charge >= 0.3 is 0 Å². The van der Waals surface area contributed by atoms with E-state index in [1.165, 1.54) is 55.7 Å². The summed E-state index contributed by atoms with van der Waals surface area (Å²) in [5.74, 6) is 0.307. The standard InChI is InChI=1S/C58H40N2/c1-4-17-41(18-5-1)45-35-38-56(54(40-45)43-19-6-2-7-20-43)59(48-36-33-44(34-37-48)51-29-15-22-42-21-10-11-27-50(42)51)49-26-14-23-46(39-49)52-30-16-32-57-58(52)53-28-12-13-31-55(53)60(57)47-24-8-3-9-25-47/h1,3-6,8-40,52,58H. The lowest BCUT2D eigenvalue weighted by Gasteiger charge is -2.31. The molecular formula is C58H40N2. The fourth-order valence-electron chi connectivity index (χ4n) is 9.35. The predicted octanol–water partition coefficient (Wildman–Crippen LogP) is 15.4. The molecule has 60 heavy (non-hydrogen) atoms. The van der Waals surface area contributed by atoms with Crippen LogP contribution in [0.5, 0.6) is 0 Å². The van der Waals surface area contributed by atoms with E-state index in [1.807, 2.05) is 12.1 Å². The minimum Gasteiger partial charge on any atom is -0.313 e. The Kier molecular flexibility index (Phi) is 8.91. The molecule has 0 fully saturated rings. The number of anilines is 5. The second-order valence-electron chi connectivity index (χ2n) is 15.5. The molecule has 282 valence electrons. The summed E-state index contributed by atoms with van der Waals surface area (Å²) in [7, 11) is 0. The van der Waals surface area contributed by atoms with Crippen molar-refractivity contribution in [1.82, 2.24) is 0 Å². The molecule has 0 saturated heterocycles. The Hall–Kier alpha value is -7.86. The van der Waals surface area contributed by atoms with E-state index in [0.717, 1.165) is 33.8 Å². The number of para-hydroxylation sites is 2. The number of allylic oxidation sites excluding steroid dienone is 4. The zero-order valence-electron chi connectivity index (χ0n) is 33.0. The van der Waals surface area contributed by atoms with Crippen LogP contribution in [0.2, 0.25) is 0 Å². The predicted molar refractivity (Wildman–Crippen MR) is 250 cm³/mol. The summed E-state index contributed by atoms with van der Waals surface area (Å²) in [5, 5.41) is 2.49. The van der Waals surface area contributed by atoms with Crippen molar-refractivity contribution in [2.45, 2.75) is 11.8 Å². The fraction of sp³-hybridized carbons (Fsp3) is 0.0345. The molecule has 0 spiro atoms. The van der Waals surface area contributed by atoms with Crippen LogP contribution in [0.15, 0.2) is 236 Å². The zero-order chi connectivity index (χ0) is 39.8. The fourth-order valence-corrected chi connectivity index (χ4v) is 9.35. The van der Waals surface area contributed by atoms with Crippen LogP contribution < -0.4 is 9.80 Å². The third kappa shape index (κ3) is 6.25. The van der Waals surface area contributed by atoms with E-state index in [1.54, 1.807) is 0 Å². The van der Waals surface area contributed by atoms with Crippen molar-refractivity contribution in [1.29, 1.82) is 0 Å². The van der Waals surface area contributed by atoms with Crippen molar-refractivity contribution in [2.24, 2.45) is 0 Å². The van der Waals surface area contributed by atoms with E-state index in [4.69, 9.17) is 0 Å². The average molecular weight is 765 g/mol. The third-order valence-corrected chi connectivity index (χ3v) is 12.1. The first-order valence-corrected chi connectivity index (χ1v) is 20.7. The number of hydrogen-bond donors (Lipinski definition) is 0. The maximum absolute atomic E-state index is 3.24. The molecule has 0 N–H and O–H groups in total. The van der Waals surface area contributed by atoms with Crippen LogP contribution in [0.1, 0.15) is 23.0 Å². The SMILES string of the molecule is c1ccc(-c2cc(-c3ccccc3)ccc2N(c2ccc(-c3cccc4ccccc34)cc2)c2cccc(C3C=CC=C4C3c3ccccc3N4c3ccccc3)c2)cc#1. The molecule has 2 aliphatic rings. The second-order valence-corrected chi connectivity index (χ2v) is 15.5. The van der Waals surface area contributed by atoms with Crippen LogP contribution >= 0.6 is 0 Å². The summed E-state index contributed by atoms with van der Waals surface area (Å²) >= 11 is 0. The van der Waals surface area contributed by atoms with Crippen molar-refractivity contribution >= 4 is 39.2 Å². The van der Waals surface area contributed by atoms with Gasteiger partial charge in [0.05, 0.1) is 5.69 Å². The Labute approximate surface area is 352 Å². The van der Waals surface area contributed by atoms with E-state index >= 15 is 0 Å². The van der Waals surface area contributed by atoms with Crippen LogP contribution in [0.3, 0.4) is 0 Å². The summed E-state index contributed by atoms with van der Waals surface area (Å²) < 4.78 is 0. The van der Waals surface area contributed by atoms with E-state index in [-0.39, 0.29) is 11.8 Å². The van der Waals surface area contributed by atoms with Gasteiger partial charge in [0.1, 0.15) is 0 Å². The summed E-state index contributed by atoms with van der Waals surface area (Å²) in [6.07, 6.45) is 6.94. The lowest BCUT2D eigenvalue weighted by molar-refractivity contribution is 0.708. The minimum absolute atomic E-state index is 0.134. The average Bonchev–Trinajstić information content (AvgIpc) is 3.67. The van der Waals surface area contributed by atoms with Crippen molar-refractivity contribution in [3.8, 4) is 33.4 Å². The summed E-state index contributed by atoms with van der Waals surface area (Å²) in [6.45, 7) is 0. The van der Waals surface area contributed by atoms with Gasteiger partial charge in [0.25, 0.3) is 0 Å². The Bertz CT molecular complexity index is 3030. The maximum atomic E-state index is 3.24. The number of rotatable bonds is 8. The van der Waals surface area contributed by atoms with Crippen LogP contribution in [0, 0.1) is 12.1 Å². The van der Waals surface area contributed by atoms with Gasteiger partial charge in [-0.25, -0.2) is 0 Å². The molecule has 2 atom stereocenters. The maximum Gasteiger partial charge on any atom is 0.0540 e. The van der Waals surface area contributed by atoms with Gasteiger partial charge in [-0.2, -0.15) is 0 Å². The quantitative estimate of drug-likeness (QED) is 0.152. The highest BCUT2D eigenvalue weighted by Gasteiger charge is 2.40. The van der Waals surface area contributed by atoms with Gasteiger partial charge in [0, 0.05) is 45.8 Å². The number of nitrogens with zero attached hydrogens (tertiary/aromatic N) is 2. The molecule has 9 aromatic carbocycles. The van der Waals surface area contributed by atoms with Crippen LogP contribution in [-0.2, 0) is 0 Å². The molecular weight excluding hydrogens is 725 g/mol.